The molecule has 0 saturated heterocycles. The maximum atomic E-state index is 11.7. The third-order valence-electron chi connectivity index (χ3n) is 2.94. The van der Waals surface area contributed by atoms with Gasteiger partial charge in [-0.05, 0) is 42.3 Å². The summed E-state index contributed by atoms with van der Waals surface area (Å²) >= 11 is 6.85. The van der Waals surface area contributed by atoms with Crippen LogP contribution in [0.3, 0.4) is 0 Å². The van der Waals surface area contributed by atoms with Crippen molar-refractivity contribution >= 4 is 43.5 Å². The Morgan fingerprint density at radius 1 is 1.20 bits per heavy atom. The summed E-state index contributed by atoms with van der Waals surface area (Å²) in [5.74, 6) is -0.410. The smallest absolute Gasteiger partial charge is 0.244 e. The molecule has 2 rings (SSSR count). The molecule has 0 saturated carbocycles. The highest BCUT2D eigenvalue weighted by Crippen LogP contribution is 2.25. The number of nitrogens with two attached hydrogens (primary N) is 1. The highest BCUT2D eigenvalue weighted by molar-refractivity contribution is 9.10. The fraction of sp³-hybridized carbons (Fsp3) is 0.133. The van der Waals surface area contributed by atoms with Crippen LogP contribution in [0.25, 0.3) is 0 Å². The van der Waals surface area contributed by atoms with E-state index in [9.17, 15) is 4.79 Å². The van der Waals surface area contributed by atoms with E-state index < -0.39 is 11.9 Å². The van der Waals surface area contributed by atoms with Crippen LogP contribution < -0.4 is 11.1 Å². The van der Waals surface area contributed by atoms with Gasteiger partial charge in [0.05, 0.1) is 0 Å². The molecule has 0 spiro atoms. The Balaban J connectivity index is 2.32. The van der Waals surface area contributed by atoms with Crippen LogP contribution in [0.5, 0.6) is 0 Å². The summed E-state index contributed by atoms with van der Waals surface area (Å²) in [4.78, 5) is 11.7. The molecule has 0 fully saturated rings. The lowest BCUT2D eigenvalue weighted by Gasteiger charge is -2.18. The summed E-state index contributed by atoms with van der Waals surface area (Å²) < 4.78 is 1.95. The van der Waals surface area contributed by atoms with Crippen molar-refractivity contribution in [3.8, 4) is 0 Å². The lowest BCUT2D eigenvalue weighted by molar-refractivity contribution is -0.118. The number of hydrogen-bond donors (Lipinski definition) is 2. The quantitative estimate of drug-likeness (QED) is 0.813. The first-order valence-corrected chi connectivity index (χ1v) is 7.63. The van der Waals surface area contributed by atoms with Crippen molar-refractivity contribution in [2.75, 3.05) is 5.32 Å². The van der Waals surface area contributed by atoms with Gasteiger partial charge in [0, 0.05) is 14.6 Å². The van der Waals surface area contributed by atoms with E-state index in [0.29, 0.717) is 0 Å². The highest BCUT2D eigenvalue weighted by atomic mass is 79.9. The van der Waals surface area contributed by atoms with Crippen LogP contribution in [0.4, 0.5) is 5.69 Å². The van der Waals surface area contributed by atoms with Crippen LogP contribution in [-0.2, 0) is 4.79 Å². The molecule has 2 aromatic rings. The fourth-order valence-electron chi connectivity index (χ4n) is 1.91. The normalized spacial score (nSPS) is 11.9. The van der Waals surface area contributed by atoms with Crippen molar-refractivity contribution in [3.63, 3.8) is 0 Å². The van der Waals surface area contributed by atoms with E-state index in [1.54, 1.807) is 0 Å². The van der Waals surface area contributed by atoms with Gasteiger partial charge in [-0.15, -0.1) is 0 Å². The number of anilines is 1. The van der Waals surface area contributed by atoms with Gasteiger partial charge in [0.15, 0.2) is 0 Å². The summed E-state index contributed by atoms with van der Waals surface area (Å²) in [6.45, 7) is 1.98. The van der Waals surface area contributed by atoms with E-state index in [0.717, 1.165) is 25.8 Å². The lowest BCUT2D eigenvalue weighted by Crippen LogP contribution is -2.27. The SMILES string of the molecule is Cc1cc(C(Nc2cccc(Br)c2)C(N)=O)ccc1Br. The highest BCUT2D eigenvalue weighted by Gasteiger charge is 2.18. The topological polar surface area (TPSA) is 55.1 Å². The van der Waals surface area contributed by atoms with Crippen LogP contribution in [-0.4, -0.2) is 5.91 Å². The summed E-state index contributed by atoms with van der Waals surface area (Å²) in [5.41, 5.74) is 8.26. The minimum atomic E-state index is -0.559. The molecule has 0 aliphatic heterocycles. The molecule has 3 N–H and O–H groups in total. The third-order valence-corrected chi connectivity index (χ3v) is 4.32. The van der Waals surface area contributed by atoms with Crippen molar-refractivity contribution in [1.82, 2.24) is 0 Å². The Labute approximate surface area is 134 Å². The predicted molar refractivity (Wildman–Crippen MR) is 88.6 cm³/mol. The lowest BCUT2D eigenvalue weighted by atomic mass is 10.0. The zero-order chi connectivity index (χ0) is 14.7. The first-order valence-electron chi connectivity index (χ1n) is 6.05. The maximum Gasteiger partial charge on any atom is 0.244 e. The standard InChI is InChI=1S/C15H14Br2N2O/c1-9-7-10(5-6-13(9)17)14(15(18)20)19-12-4-2-3-11(16)8-12/h2-8,14,19H,1H3,(H2,18,20). The number of carbonyl (C=O) groups is 1. The van der Waals surface area contributed by atoms with Gasteiger partial charge in [-0.25, -0.2) is 0 Å². The third kappa shape index (κ3) is 3.61. The monoisotopic (exact) mass is 396 g/mol. The molecule has 0 aromatic heterocycles. The first-order chi connectivity index (χ1) is 9.47. The van der Waals surface area contributed by atoms with E-state index in [4.69, 9.17) is 5.73 Å². The molecule has 1 atom stereocenters. The largest absolute Gasteiger partial charge is 0.370 e. The number of primary amides is 1. The van der Waals surface area contributed by atoms with Gasteiger partial charge in [0.1, 0.15) is 6.04 Å². The number of carbonyl (C=O) groups excluding carboxylic acids is 1. The Morgan fingerprint density at radius 2 is 1.95 bits per heavy atom. The molecule has 2 aromatic carbocycles. The second kappa shape index (κ2) is 6.41. The van der Waals surface area contributed by atoms with Crippen molar-refractivity contribution < 1.29 is 4.79 Å². The molecule has 0 aliphatic carbocycles. The van der Waals surface area contributed by atoms with Gasteiger partial charge in [-0.1, -0.05) is 50.1 Å². The Kier molecular flexibility index (Phi) is 4.83. The van der Waals surface area contributed by atoms with E-state index in [1.165, 1.54) is 0 Å². The second-order valence-electron chi connectivity index (χ2n) is 4.50. The minimum absolute atomic E-state index is 0.410. The molecule has 0 heterocycles. The summed E-state index contributed by atoms with van der Waals surface area (Å²) in [6.07, 6.45) is 0. The van der Waals surface area contributed by atoms with Gasteiger partial charge < -0.3 is 11.1 Å². The summed E-state index contributed by atoms with van der Waals surface area (Å²) in [7, 11) is 0. The van der Waals surface area contributed by atoms with Crippen LogP contribution in [0.1, 0.15) is 17.2 Å². The number of amides is 1. The number of aryl methyl sites for hydroxylation is 1. The van der Waals surface area contributed by atoms with E-state index in [-0.39, 0.29) is 0 Å². The number of hydrogen-bond acceptors (Lipinski definition) is 2. The van der Waals surface area contributed by atoms with Gasteiger partial charge in [-0.3, -0.25) is 4.79 Å². The molecule has 3 nitrogen and oxygen atoms in total. The molecule has 20 heavy (non-hydrogen) atoms. The molecular weight excluding hydrogens is 384 g/mol. The van der Waals surface area contributed by atoms with Crippen molar-refractivity contribution in [2.45, 2.75) is 13.0 Å². The summed E-state index contributed by atoms with van der Waals surface area (Å²) in [5, 5.41) is 3.16. The molecule has 1 amide bonds. The van der Waals surface area contributed by atoms with Gasteiger partial charge >= 0.3 is 0 Å². The van der Waals surface area contributed by atoms with Crippen LogP contribution in [0, 0.1) is 6.92 Å². The van der Waals surface area contributed by atoms with E-state index >= 15 is 0 Å². The minimum Gasteiger partial charge on any atom is -0.370 e. The molecule has 0 bridgehead atoms. The van der Waals surface area contributed by atoms with Crippen LogP contribution >= 0.6 is 31.9 Å². The average molecular weight is 398 g/mol. The predicted octanol–water partition coefficient (Wildman–Crippen LogP) is 4.16. The van der Waals surface area contributed by atoms with Crippen LogP contribution in [0.15, 0.2) is 51.4 Å². The second-order valence-corrected chi connectivity index (χ2v) is 6.27. The molecular formula is C15H14Br2N2O. The summed E-state index contributed by atoms with van der Waals surface area (Å²) in [6, 6.07) is 12.8. The van der Waals surface area contributed by atoms with E-state index in [1.807, 2.05) is 49.4 Å². The molecule has 5 heteroatoms. The number of benzene rings is 2. The van der Waals surface area contributed by atoms with E-state index in [2.05, 4.69) is 37.2 Å². The number of halogens is 2. The molecule has 1 unspecified atom stereocenters. The maximum absolute atomic E-state index is 11.7. The number of nitrogens with one attached hydrogen (secondary N) is 1. The molecule has 104 valence electrons. The Morgan fingerprint density at radius 3 is 2.55 bits per heavy atom. The van der Waals surface area contributed by atoms with Gasteiger partial charge in [0.25, 0.3) is 0 Å². The Hall–Kier alpha value is -1.33. The van der Waals surface area contributed by atoms with Gasteiger partial charge in [-0.2, -0.15) is 0 Å². The number of rotatable bonds is 4. The van der Waals surface area contributed by atoms with Gasteiger partial charge in [0.2, 0.25) is 5.91 Å². The average Bonchev–Trinajstić information content (AvgIpc) is 2.39. The van der Waals surface area contributed by atoms with Crippen molar-refractivity contribution in [3.05, 3.63) is 62.5 Å². The first kappa shape index (κ1) is 15.1. The Bertz CT molecular complexity index is 644. The van der Waals surface area contributed by atoms with Crippen molar-refractivity contribution in [2.24, 2.45) is 5.73 Å². The van der Waals surface area contributed by atoms with Crippen molar-refractivity contribution in [1.29, 1.82) is 0 Å². The zero-order valence-electron chi connectivity index (χ0n) is 10.9. The zero-order valence-corrected chi connectivity index (χ0v) is 14.0. The fourth-order valence-corrected chi connectivity index (χ4v) is 2.56. The molecule has 0 radical (unpaired) electrons. The molecule has 0 aliphatic rings. The van der Waals surface area contributed by atoms with Crippen LogP contribution in [0.2, 0.25) is 0 Å².